The van der Waals surface area contributed by atoms with Crippen molar-refractivity contribution in [2.45, 2.75) is 20.5 Å². The highest BCUT2D eigenvalue weighted by Gasteiger charge is 2.06. The number of nitrogens with one attached hydrogen (secondary N) is 1. The van der Waals surface area contributed by atoms with Crippen molar-refractivity contribution in [1.82, 2.24) is 4.98 Å². The topological polar surface area (TPSA) is 81.2 Å². The summed E-state index contributed by atoms with van der Waals surface area (Å²) in [5.41, 5.74) is 8.79. The van der Waals surface area contributed by atoms with Crippen LogP contribution in [0.3, 0.4) is 0 Å². The molecule has 0 amide bonds. The van der Waals surface area contributed by atoms with E-state index >= 15 is 0 Å². The number of nitrogen functional groups attached to an aromatic ring is 1. The molecule has 0 aliphatic carbocycles. The van der Waals surface area contributed by atoms with Crippen LogP contribution in [0.1, 0.15) is 22.5 Å². The van der Waals surface area contributed by atoms with E-state index in [1.807, 2.05) is 32.0 Å². The number of methoxy groups -OCH3 is 1. The van der Waals surface area contributed by atoms with Gasteiger partial charge in [0.15, 0.2) is 0 Å². The molecule has 0 aliphatic rings. The second-order valence-electron chi connectivity index (χ2n) is 4.82. The minimum Gasteiger partial charge on any atom is -0.497 e. The lowest BCUT2D eigenvalue weighted by Gasteiger charge is -2.11. The van der Waals surface area contributed by atoms with Crippen LogP contribution in [0.25, 0.3) is 0 Å². The van der Waals surface area contributed by atoms with Crippen molar-refractivity contribution in [3.05, 3.63) is 52.8 Å². The average molecular weight is 285 g/mol. The van der Waals surface area contributed by atoms with Gasteiger partial charge in [-0.2, -0.15) is 0 Å². The van der Waals surface area contributed by atoms with E-state index in [1.165, 1.54) is 0 Å². The molecular weight excluding hydrogens is 266 g/mol. The minimum absolute atomic E-state index is 0.0233. The van der Waals surface area contributed by atoms with Crippen LogP contribution in [0.15, 0.2) is 30.3 Å². The van der Waals surface area contributed by atoms with Crippen molar-refractivity contribution in [3.63, 3.8) is 0 Å². The van der Waals surface area contributed by atoms with Crippen molar-refractivity contribution in [2.24, 2.45) is 5.73 Å². The van der Waals surface area contributed by atoms with Gasteiger partial charge in [0, 0.05) is 23.4 Å². The second kappa shape index (κ2) is 6.26. The molecule has 0 atom stereocenters. The Bertz CT molecular complexity index is 669. The summed E-state index contributed by atoms with van der Waals surface area (Å²) in [4.78, 5) is 4.41. The van der Waals surface area contributed by atoms with Gasteiger partial charge in [-0.15, -0.1) is 0 Å². The third kappa shape index (κ3) is 3.72. The van der Waals surface area contributed by atoms with Gasteiger partial charge >= 0.3 is 0 Å². The monoisotopic (exact) mass is 285 g/mol. The van der Waals surface area contributed by atoms with Crippen LogP contribution in [0.5, 0.6) is 11.5 Å². The molecule has 1 aromatic heterocycles. The molecule has 0 radical (unpaired) electrons. The lowest BCUT2D eigenvalue weighted by atomic mass is 10.1. The van der Waals surface area contributed by atoms with Crippen LogP contribution in [-0.4, -0.2) is 17.9 Å². The van der Waals surface area contributed by atoms with E-state index in [-0.39, 0.29) is 5.84 Å². The van der Waals surface area contributed by atoms with Crippen LogP contribution in [0.4, 0.5) is 0 Å². The highest BCUT2D eigenvalue weighted by Crippen LogP contribution is 2.21. The smallest absolute Gasteiger partial charge is 0.130 e. The van der Waals surface area contributed by atoms with Gasteiger partial charge in [-0.05, 0) is 25.5 Å². The number of hydrogen-bond acceptors (Lipinski definition) is 4. The number of benzene rings is 1. The number of rotatable bonds is 5. The zero-order chi connectivity index (χ0) is 15.4. The molecule has 0 saturated heterocycles. The molecule has 2 aromatic rings. The molecule has 21 heavy (non-hydrogen) atoms. The fraction of sp³-hybridized carbons (Fsp3) is 0.250. The summed E-state index contributed by atoms with van der Waals surface area (Å²) in [6, 6.07) is 9.17. The summed E-state index contributed by atoms with van der Waals surface area (Å²) in [7, 11) is 1.62. The Morgan fingerprint density at radius 2 is 2.00 bits per heavy atom. The molecular formula is C16H19N3O2. The predicted molar refractivity (Wildman–Crippen MR) is 82.1 cm³/mol. The van der Waals surface area contributed by atoms with Gasteiger partial charge in [-0.1, -0.05) is 12.1 Å². The van der Waals surface area contributed by atoms with Crippen LogP contribution in [0, 0.1) is 19.3 Å². The molecule has 0 fully saturated rings. The predicted octanol–water partition coefficient (Wildman–Crippen LogP) is 2.57. The molecule has 110 valence electrons. The fourth-order valence-electron chi connectivity index (χ4n) is 1.97. The number of ether oxygens (including phenoxy) is 2. The van der Waals surface area contributed by atoms with Gasteiger partial charge in [0.1, 0.15) is 23.9 Å². The fourth-order valence-corrected chi connectivity index (χ4v) is 1.97. The van der Waals surface area contributed by atoms with Gasteiger partial charge < -0.3 is 15.2 Å². The van der Waals surface area contributed by atoms with E-state index in [9.17, 15) is 0 Å². The Morgan fingerprint density at radius 3 is 2.67 bits per heavy atom. The number of aromatic nitrogens is 1. The van der Waals surface area contributed by atoms with Crippen molar-refractivity contribution in [2.75, 3.05) is 7.11 Å². The zero-order valence-corrected chi connectivity index (χ0v) is 12.4. The third-order valence-corrected chi connectivity index (χ3v) is 3.09. The van der Waals surface area contributed by atoms with E-state index in [4.69, 9.17) is 20.6 Å². The maximum absolute atomic E-state index is 7.47. The van der Waals surface area contributed by atoms with Crippen molar-refractivity contribution >= 4 is 5.84 Å². The molecule has 0 spiro atoms. The van der Waals surface area contributed by atoms with Crippen LogP contribution in [-0.2, 0) is 6.61 Å². The number of amidine groups is 1. The maximum atomic E-state index is 7.47. The number of aryl methyl sites for hydroxylation is 2. The van der Waals surface area contributed by atoms with Gasteiger partial charge in [0.2, 0.25) is 0 Å². The number of pyridine rings is 1. The van der Waals surface area contributed by atoms with Crippen molar-refractivity contribution in [3.8, 4) is 11.5 Å². The summed E-state index contributed by atoms with van der Waals surface area (Å²) in [5.74, 6) is 1.48. The van der Waals surface area contributed by atoms with Crippen LogP contribution < -0.4 is 15.2 Å². The summed E-state index contributed by atoms with van der Waals surface area (Å²) >= 11 is 0. The molecule has 0 unspecified atom stereocenters. The highest BCUT2D eigenvalue weighted by molar-refractivity contribution is 5.95. The number of nitrogens with two attached hydrogens (primary N) is 1. The maximum Gasteiger partial charge on any atom is 0.130 e. The zero-order valence-electron chi connectivity index (χ0n) is 12.4. The van der Waals surface area contributed by atoms with Crippen LogP contribution in [0.2, 0.25) is 0 Å². The Kier molecular flexibility index (Phi) is 4.42. The lowest BCUT2D eigenvalue weighted by Crippen LogP contribution is -2.11. The molecule has 1 heterocycles. The third-order valence-electron chi connectivity index (χ3n) is 3.09. The van der Waals surface area contributed by atoms with E-state index in [1.54, 1.807) is 19.2 Å². The van der Waals surface area contributed by atoms with Crippen LogP contribution >= 0.6 is 0 Å². The largest absolute Gasteiger partial charge is 0.497 e. The van der Waals surface area contributed by atoms with Crippen molar-refractivity contribution in [1.29, 1.82) is 5.41 Å². The number of hydrogen-bond donors (Lipinski definition) is 2. The number of nitrogens with zero attached hydrogens (tertiary/aromatic N) is 1. The summed E-state index contributed by atoms with van der Waals surface area (Å²) < 4.78 is 11.0. The Balaban J connectivity index is 2.18. The van der Waals surface area contributed by atoms with E-state index in [0.29, 0.717) is 17.9 Å². The first kappa shape index (κ1) is 14.8. The first-order valence-electron chi connectivity index (χ1n) is 6.59. The first-order valence-corrected chi connectivity index (χ1v) is 6.59. The minimum atomic E-state index is 0.0233. The molecule has 0 saturated carbocycles. The van der Waals surface area contributed by atoms with E-state index < -0.39 is 0 Å². The Morgan fingerprint density at radius 1 is 1.24 bits per heavy atom. The van der Waals surface area contributed by atoms with Crippen molar-refractivity contribution < 1.29 is 9.47 Å². The quantitative estimate of drug-likeness (QED) is 0.653. The van der Waals surface area contributed by atoms with E-state index in [0.717, 1.165) is 22.7 Å². The molecule has 0 bridgehead atoms. The molecule has 5 nitrogen and oxygen atoms in total. The summed E-state index contributed by atoms with van der Waals surface area (Å²) in [6.07, 6.45) is 0. The lowest BCUT2D eigenvalue weighted by molar-refractivity contribution is 0.297. The standard InChI is InChI=1S/C16H19N3O2/c1-10-4-5-12(16(17)18)7-15(10)21-9-13-8-14(20-3)6-11(2)19-13/h4-8H,9H2,1-3H3,(H3,17,18). The molecule has 2 rings (SSSR count). The summed E-state index contributed by atoms with van der Waals surface area (Å²) in [6.45, 7) is 4.19. The SMILES string of the molecule is COc1cc(C)nc(COc2cc(C(=N)N)ccc2C)c1. The Labute approximate surface area is 124 Å². The van der Waals surface area contributed by atoms with Gasteiger partial charge in [-0.3, -0.25) is 10.4 Å². The van der Waals surface area contributed by atoms with Gasteiger partial charge in [0.25, 0.3) is 0 Å². The molecule has 5 heteroatoms. The molecule has 3 N–H and O–H groups in total. The normalized spacial score (nSPS) is 10.2. The Hall–Kier alpha value is -2.56. The van der Waals surface area contributed by atoms with Gasteiger partial charge in [-0.25, -0.2) is 0 Å². The van der Waals surface area contributed by atoms with Gasteiger partial charge in [0.05, 0.1) is 12.8 Å². The van der Waals surface area contributed by atoms with E-state index in [2.05, 4.69) is 4.98 Å². The molecule has 1 aromatic carbocycles. The molecule has 0 aliphatic heterocycles. The summed E-state index contributed by atoms with van der Waals surface area (Å²) in [5, 5.41) is 7.47. The first-order chi connectivity index (χ1) is 9.99. The highest BCUT2D eigenvalue weighted by atomic mass is 16.5. The second-order valence-corrected chi connectivity index (χ2v) is 4.82. The average Bonchev–Trinajstić information content (AvgIpc) is 2.45.